The normalized spacial score (nSPS) is 28.9. The van der Waals surface area contributed by atoms with Crippen molar-refractivity contribution in [1.29, 1.82) is 2.61 Å². The van der Waals surface area contributed by atoms with Crippen molar-refractivity contribution in [2.45, 2.75) is 32.2 Å². The van der Waals surface area contributed by atoms with Crippen molar-refractivity contribution in [3.63, 3.8) is 0 Å². The number of fused-ring (bicyclic) bond motifs is 1. The van der Waals surface area contributed by atoms with Crippen molar-refractivity contribution in [2.75, 3.05) is 6.61 Å². The fraction of sp³-hybridized carbons (Fsp3) is 0.583. The summed E-state index contributed by atoms with van der Waals surface area (Å²) >= 11 is 0.922. The first kappa shape index (κ1) is 14.9. The lowest BCUT2D eigenvalue weighted by atomic mass is 10.00. The van der Waals surface area contributed by atoms with E-state index in [0.29, 0.717) is 11.2 Å². The summed E-state index contributed by atoms with van der Waals surface area (Å²) in [6.45, 7) is 3.95. The molecule has 0 saturated carbocycles. The molecular weight excluding hydrogens is 348 g/mol. The molecule has 1 aliphatic heterocycles. The summed E-state index contributed by atoms with van der Waals surface area (Å²) in [7, 11) is -0.378. The van der Waals surface area contributed by atoms with Crippen LogP contribution in [0.4, 0.5) is 0 Å². The number of azide groups is 1. The fourth-order valence-corrected chi connectivity index (χ4v) is 3.49. The maximum absolute atomic E-state index is 8.90. The Bertz CT molecular complexity index is 826. The summed E-state index contributed by atoms with van der Waals surface area (Å²) in [6.07, 6.45) is 2.25. The van der Waals surface area contributed by atoms with E-state index in [1.54, 1.807) is 6.33 Å². The molecular formula is C12H16BN7O2PS. The average Bonchev–Trinajstić information content (AvgIpc) is 3.19. The molecule has 1 radical (unpaired) electrons. The van der Waals surface area contributed by atoms with E-state index in [0.717, 1.165) is 24.9 Å². The molecule has 1 saturated heterocycles. The molecule has 0 aliphatic carbocycles. The average molecular weight is 367 g/mol. The van der Waals surface area contributed by atoms with E-state index in [2.05, 4.69) is 25.0 Å². The Balaban J connectivity index is 1.81. The van der Waals surface area contributed by atoms with Gasteiger partial charge in [-0.05, 0) is 13.8 Å². The predicted octanol–water partition coefficient (Wildman–Crippen LogP) is 2.42. The van der Waals surface area contributed by atoms with Crippen molar-refractivity contribution in [1.82, 2.24) is 19.5 Å². The van der Waals surface area contributed by atoms with Crippen molar-refractivity contribution < 1.29 is 8.92 Å². The van der Waals surface area contributed by atoms with Gasteiger partial charge in [-0.15, -0.1) is 0 Å². The van der Waals surface area contributed by atoms with Crippen LogP contribution in [0.2, 0.25) is 0 Å². The third kappa shape index (κ3) is 3.23. The molecule has 125 valence electrons. The Labute approximate surface area is 148 Å². The molecule has 0 amide bonds. The van der Waals surface area contributed by atoms with Crippen LogP contribution in [0.1, 0.15) is 18.8 Å². The highest BCUT2D eigenvalue weighted by atomic mass is 32.7. The minimum absolute atomic E-state index is 0.127. The standard InChI is InChI=1S/C12H16BN7O2PS/c1-6-9(18-19-14)8(3-21-24-23-13)22-12(6)20-5-17-10-7(2)15-4-16-11(10)20/h4-6,8-9,12-13,23H,3H2,1-2H3/t6?,8-,9-,12-,23?/m1/s1/i13T,23D. The molecule has 0 N–H and O–H groups in total. The summed E-state index contributed by atoms with van der Waals surface area (Å²) in [5, 5.41) is 3.88. The molecule has 3 rings (SSSR count). The summed E-state index contributed by atoms with van der Waals surface area (Å²) in [4.78, 5) is 15.7. The van der Waals surface area contributed by atoms with Gasteiger partial charge in [0.2, 0.25) is 0 Å². The fourth-order valence-electron chi connectivity index (χ4n) is 2.87. The zero-order valence-electron chi connectivity index (χ0n) is 15.1. The summed E-state index contributed by atoms with van der Waals surface area (Å²) in [6, 6.07) is -0.428. The van der Waals surface area contributed by atoms with E-state index >= 15 is 0 Å². The van der Waals surface area contributed by atoms with Crippen molar-refractivity contribution >= 4 is 38.0 Å². The molecule has 24 heavy (non-hydrogen) atoms. The molecule has 2 aromatic rings. The Morgan fingerprint density at radius 2 is 2.58 bits per heavy atom. The van der Waals surface area contributed by atoms with Crippen LogP contribution < -0.4 is 0 Å². The summed E-state index contributed by atoms with van der Waals surface area (Å²) < 4.78 is 27.9. The second kappa shape index (κ2) is 7.67. The maximum Gasteiger partial charge on any atom is 0.165 e. The number of aromatic nitrogens is 4. The lowest BCUT2D eigenvalue weighted by Crippen LogP contribution is -2.26. The molecule has 12 heteroatoms. The number of nitrogens with zero attached hydrogens (tertiary/aromatic N) is 7. The quantitative estimate of drug-likeness (QED) is 0.186. The highest BCUT2D eigenvalue weighted by Gasteiger charge is 2.43. The van der Waals surface area contributed by atoms with E-state index in [1.807, 2.05) is 18.4 Å². The van der Waals surface area contributed by atoms with Gasteiger partial charge in [-0.1, -0.05) is 19.6 Å². The third-order valence-electron chi connectivity index (χ3n) is 4.01. The molecule has 0 bridgehead atoms. The van der Waals surface area contributed by atoms with Crippen LogP contribution in [0.3, 0.4) is 0 Å². The molecule has 0 aromatic carbocycles. The van der Waals surface area contributed by atoms with Gasteiger partial charge in [0.05, 0.1) is 32.1 Å². The molecule has 0 spiro atoms. The highest BCUT2D eigenvalue weighted by Crippen LogP contribution is 2.39. The molecule has 9 nitrogen and oxygen atoms in total. The van der Waals surface area contributed by atoms with E-state index in [9.17, 15) is 0 Å². The number of hydrogen-bond donors (Lipinski definition) is 0. The number of rotatable bonds is 7. The largest absolute Gasteiger partial charge is 0.352 e. The zero-order chi connectivity index (χ0) is 18.7. The first-order chi connectivity index (χ1) is 12.6. The van der Waals surface area contributed by atoms with Gasteiger partial charge in [0.15, 0.2) is 5.65 Å². The maximum atomic E-state index is 8.90. The smallest absolute Gasteiger partial charge is 0.165 e. The van der Waals surface area contributed by atoms with Crippen molar-refractivity contribution in [3.8, 4) is 0 Å². The van der Waals surface area contributed by atoms with Gasteiger partial charge in [-0.3, -0.25) is 4.57 Å². The van der Waals surface area contributed by atoms with E-state index < -0.39 is 26.0 Å². The lowest BCUT2D eigenvalue weighted by Gasteiger charge is -2.17. The van der Waals surface area contributed by atoms with Gasteiger partial charge in [0.1, 0.15) is 25.6 Å². The number of ether oxygens (including phenoxy) is 1. The second-order valence-electron chi connectivity index (χ2n) is 5.37. The minimum Gasteiger partial charge on any atom is -0.352 e. The summed E-state index contributed by atoms with van der Waals surface area (Å²) in [5.74, 6) is -0.127. The van der Waals surface area contributed by atoms with Gasteiger partial charge in [-0.2, -0.15) is 0 Å². The monoisotopic (exact) mass is 367 g/mol. The van der Waals surface area contributed by atoms with Gasteiger partial charge >= 0.3 is 0 Å². The van der Waals surface area contributed by atoms with Gasteiger partial charge in [-0.25, -0.2) is 15.0 Å². The number of aryl methyl sites for hydroxylation is 1. The van der Waals surface area contributed by atoms with Gasteiger partial charge < -0.3 is 8.92 Å². The molecule has 3 heterocycles. The number of hydrogen-bond acceptors (Lipinski definition) is 7. The first-order valence-electron chi connectivity index (χ1n) is 8.22. The van der Waals surface area contributed by atoms with Crippen LogP contribution >= 0.6 is 19.3 Å². The summed E-state index contributed by atoms with van der Waals surface area (Å²) in [5.41, 5.74) is 11.0. The minimum atomic E-state index is -1.41. The molecule has 2 aromatic heterocycles. The van der Waals surface area contributed by atoms with Crippen LogP contribution in [0.5, 0.6) is 0 Å². The SMILES string of the molecule is [2H]P([B][3H])SOC[C@H]1O[C@@H](n2cnc3c(C)ncnc32)C(C)[C@H]1N=[N+]=[N-]. The molecule has 1 aliphatic rings. The Morgan fingerprint density at radius 3 is 3.38 bits per heavy atom. The second-order valence-corrected chi connectivity index (χ2v) is 7.04. The van der Waals surface area contributed by atoms with Gasteiger partial charge in [0, 0.05) is 22.5 Å². The van der Waals surface area contributed by atoms with Crippen LogP contribution in [-0.2, 0) is 8.92 Å². The van der Waals surface area contributed by atoms with E-state index in [4.69, 9.17) is 17.1 Å². The van der Waals surface area contributed by atoms with E-state index in [-0.39, 0.29) is 12.5 Å². The Kier molecular flexibility index (Phi) is 4.77. The van der Waals surface area contributed by atoms with Crippen LogP contribution in [-0.4, -0.2) is 48.4 Å². The topological polar surface area (TPSA) is 111 Å². The Morgan fingerprint density at radius 1 is 1.71 bits per heavy atom. The lowest BCUT2D eigenvalue weighted by molar-refractivity contribution is -0.0236. The third-order valence-corrected chi connectivity index (χ3v) is 4.91. The van der Waals surface area contributed by atoms with Crippen LogP contribution in [0.15, 0.2) is 17.8 Å². The Hall–Kier alpha value is -1.38. The van der Waals surface area contributed by atoms with Gasteiger partial charge in [0.25, 0.3) is 0 Å². The zero-order valence-corrected chi connectivity index (χ0v) is 14.8. The molecule has 5 atom stereocenters. The van der Waals surface area contributed by atoms with E-state index in [1.165, 1.54) is 6.33 Å². The van der Waals surface area contributed by atoms with Crippen molar-refractivity contribution in [2.24, 2.45) is 11.0 Å². The molecule has 2 unspecified atom stereocenters. The van der Waals surface area contributed by atoms with Crippen molar-refractivity contribution in [3.05, 3.63) is 28.8 Å². The van der Waals surface area contributed by atoms with Crippen LogP contribution in [0, 0.1) is 12.8 Å². The first-order valence-corrected chi connectivity index (χ1v) is 9.51. The molecule has 1 fully saturated rings. The highest BCUT2D eigenvalue weighted by molar-refractivity contribution is 8.53. The van der Waals surface area contributed by atoms with Crippen LogP contribution in [0.25, 0.3) is 21.6 Å². The predicted molar refractivity (Wildman–Crippen MR) is 95.1 cm³/mol. The number of imidazole rings is 1.